The van der Waals surface area contributed by atoms with E-state index in [9.17, 15) is 0 Å². The number of halogens is 1. The van der Waals surface area contributed by atoms with Crippen molar-refractivity contribution in [3.63, 3.8) is 0 Å². The van der Waals surface area contributed by atoms with Gasteiger partial charge in [-0.2, -0.15) is 0 Å². The number of hydrogen-bond acceptors (Lipinski definition) is 3. The summed E-state index contributed by atoms with van der Waals surface area (Å²) < 4.78 is 6.87. The molecule has 0 atom stereocenters. The highest BCUT2D eigenvalue weighted by atomic mass is 79.9. The lowest BCUT2D eigenvalue weighted by Crippen LogP contribution is -2.20. The maximum absolute atomic E-state index is 5.93. The summed E-state index contributed by atoms with van der Waals surface area (Å²) >= 11 is 3.60. The van der Waals surface area contributed by atoms with E-state index >= 15 is 0 Å². The Bertz CT molecular complexity index is 615. The average Bonchev–Trinajstić information content (AvgIpc) is 2.69. The fraction of sp³-hybridized carbons (Fsp3) is 0.250. The predicted octanol–water partition coefficient (Wildman–Crippen LogP) is 3.83. The van der Waals surface area contributed by atoms with Crippen LogP contribution in [0, 0.1) is 0 Å². The molecule has 2 aromatic rings. The molecule has 0 saturated heterocycles. The molecule has 1 aliphatic rings. The number of ether oxygens (including phenoxy) is 1. The minimum atomic E-state index is 0.510. The normalized spacial score (nSPS) is 14.4. The van der Waals surface area contributed by atoms with Crippen molar-refractivity contribution in [3.05, 3.63) is 52.5 Å². The molecule has 0 fully saturated rings. The summed E-state index contributed by atoms with van der Waals surface area (Å²) in [5.74, 6) is 0.938. The van der Waals surface area contributed by atoms with Crippen LogP contribution >= 0.6 is 15.9 Å². The zero-order chi connectivity index (χ0) is 13.9. The molecule has 0 aliphatic carbocycles. The molecule has 0 bridgehead atoms. The highest BCUT2D eigenvalue weighted by Crippen LogP contribution is 2.38. The van der Waals surface area contributed by atoms with Gasteiger partial charge in [0, 0.05) is 28.8 Å². The van der Waals surface area contributed by atoms with Gasteiger partial charge in [-0.1, -0.05) is 34.1 Å². The molecule has 20 heavy (non-hydrogen) atoms. The van der Waals surface area contributed by atoms with E-state index in [0.717, 1.165) is 46.7 Å². The minimum absolute atomic E-state index is 0.510. The van der Waals surface area contributed by atoms with Crippen molar-refractivity contribution in [2.24, 2.45) is 5.73 Å². The Morgan fingerprint density at radius 2 is 1.90 bits per heavy atom. The van der Waals surface area contributed by atoms with Crippen molar-refractivity contribution in [1.29, 1.82) is 0 Å². The summed E-state index contributed by atoms with van der Waals surface area (Å²) in [5.41, 5.74) is 9.32. The smallest absolute Gasteiger partial charge is 0.142 e. The third kappa shape index (κ3) is 2.41. The van der Waals surface area contributed by atoms with Gasteiger partial charge in [0.05, 0.1) is 12.3 Å². The van der Waals surface area contributed by atoms with Gasteiger partial charge in [-0.3, -0.25) is 0 Å². The van der Waals surface area contributed by atoms with E-state index in [0.29, 0.717) is 6.54 Å². The third-order valence-corrected chi connectivity index (χ3v) is 4.27. The maximum atomic E-state index is 5.93. The molecule has 0 unspecified atom stereocenters. The lowest BCUT2D eigenvalue weighted by molar-refractivity contribution is 0.322. The second-order valence-corrected chi connectivity index (χ2v) is 5.62. The molecule has 1 heterocycles. The van der Waals surface area contributed by atoms with Gasteiger partial charge in [0.15, 0.2) is 0 Å². The Morgan fingerprint density at radius 1 is 1.10 bits per heavy atom. The maximum Gasteiger partial charge on any atom is 0.142 e. The van der Waals surface area contributed by atoms with Gasteiger partial charge in [0.1, 0.15) is 5.75 Å². The Hall–Kier alpha value is -1.52. The number of rotatable bonds is 2. The number of nitrogens with two attached hydrogens (primary N) is 1. The topological polar surface area (TPSA) is 38.5 Å². The van der Waals surface area contributed by atoms with Crippen molar-refractivity contribution in [2.75, 3.05) is 18.1 Å². The van der Waals surface area contributed by atoms with E-state index in [1.807, 2.05) is 30.3 Å². The number of hydrogen-bond donors (Lipinski definition) is 1. The van der Waals surface area contributed by atoms with Crippen molar-refractivity contribution in [2.45, 2.75) is 13.0 Å². The van der Waals surface area contributed by atoms with Gasteiger partial charge in [-0.15, -0.1) is 0 Å². The monoisotopic (exact) mass is 332 g/mol. The van der Waals surface area contributed by atoms with Crippen LogP contribution in [0.2, 0.25) is 0 Å². The molecule has 2 aromatic carbocycles. The third-order valence-electron chi connectivity index (χ3n) is 3.53. The summed E-state index contributed by atoms with van der Waals surface area (Å²) in [6.07, 6.45) is 0.991. The molecule has 0 saturated carbocycles. The van der Waals surface area contributed by atoms with Gasteiger partial charge in [-0.05, 0) is 30.7 Å². The molecule has 2 N–H and O–H groups in total. The van der Waals surface area contributed by atoms with E-state index in [4.69, 9.17) is 10.5 Å². The van der Waals surface area contributed by atoms with E-state index in [-0.39, 0.29) is 0 Å². The van der Waals surface area contributed by atoms with Crippen LogP contribution in [0.1, 0.15) is 12.0 Å². The van der Waals surface area contributed by atoms with Crippen LogP contribution in [0.4, 0.5) is 11.4 Å². The highest BCUT2D eigenvalue weighted by Gasteiger charge is 2.20. The van der Waals surface area contributed by atoms with Gasteiger partial charge < -0.3 is 15.4 Å². The van der Waals surface area contributed by atoms with Crippen LogP contribution in [0.25, 0.3) is 0 Å². The Kier molecular flexibility index (Phi) is 3.94. The lowest BCUT2D eigenvalue weighted by Gasteiger charge is -2.26. The number of para-hydroxylation sites is 2. The van der Waals surface area contributed by atoms with Crippen molar-refractivity contribution in [1.82, 2.24) is 0 Å². The van der Waals surface area contributed by atoms with E-state index in [1.54, 1.807) is 0 Å². The first-order valence-electron chi connectivity index (χ1n) is 6.78. The van der Waals surface area contributed by atoms with Gasteiger partial charge in [0.25, 0.3) is 0 Å². The second-order valence-electron chi connectivity index (χ2n) is 4.76. The molecule has 3 nitrogen and oxygen atoms in total. The zero-order valence-electron chi connectivity index (χ0n) is 11.2. The quantitative estimate of drug-likeness (QED) is 0.908. The summed E-state index contributed by atoms with van der Waals surface area (Å²) in [6, 6.07) is 14.4. The molecule has 0 radical (unpaired) electrons. The summed E-state index contributed by atoms with van der Waals surface area (Å²) in [4.78, 5) is 2.30. The van der Waals surface area contributed by atoms with Crippen LogP contribution in [-0.4, -0.2) is 13.2 Å². The second kappa shape index (κ2) is 5.85. The molecular weight excluding hydrogens is 316 g/mol. The van der Waals surface area contributed by atoms with Crippen LogP contribution in [0.5, 0.6) is 5.75 Å². The summed E-state index contributed by atoms with van der Waals surface area (Å²) in [7, 11) is 0. The largest absolute Gasteiger partial charge is 0.491 e. The molecule has 104 valence electrons. The molecule has 3 rings (SSSR count). The van der Waals surface area contributed by atoms with E-state index < -0.39 is 0 Å². The van der Waals surface area contributed by atoms with Gasteiger partial charge >= 0.3 is 0 Å². The van der Waals surface area contributed by atoms with Crippen molar-refractivity contribution < 1.29 is 4.74 Å². The van der Waals surface area contributed by atoms with E-state index in [2.05, 4.69) is 33.0 Å². The van der Waals surface area contributed by atoms with Crippen molar-refractivity contribution in [3.8, 4) is 5.75 Å². The number of nitrogens with zero attached hydrogens (tertiary/aromatic N) is 1. The van der Waals surface area contributed by atoms with Gasteiger partial charge in [-0.25, -0.2) is 0 Å². The van der Waals surface area contributed by atoms with Crippen LogP contribution in [0.3, 0.4) is 0 Å². The number of benzene rings is 2. The number of anilines is 2. The molecule has 4 heteroatoms. The summed E-state index contributed by atoms with van der Waals surface area (Å²) in [5, 5.41) is 0. The molecule has 0 amide bonds. The first kappa shape index (κ1) is 13.5. The standard InChI is InChI=1S/C16H17BrN2O/c17-13-5-3-7-14(12(13)11-18)19-9-4-10-20-16-8-2-1-6-15(16)19/h1-3,5-8H,4,9-11,18H2. The Labute approximate surface area is 127 Å². The molecular formula is C16H17BrN2O. The predicted molar refractivity (Wildman–Crippen MR) is 85.6 cm³/mol. The average molecular weight is 333 g/mol. The number of fused-ring (bicyclic) bond motifs is 1. The Balaban J connectivity index is 2.12. The van der Waals surface area contributed by atoms with Crippen LogP contribution in [-0.2, 0) is 6.54 Å². The van der Waals surface area contributed by atoms with E-state index in [1.165, 1.54) is 0 Å². The zero-order valence-corrected chi connectivity index (χ0v) is 12.8. The fourth-order valence-corrected chi connectivity index (χ4v) is 3.10. The molecule has 0 aromatic heterocycles. The first-order chi connectivity index (χ1) is 9.81. The first-order valence-corrected chi connectivity index (χ1v) is 7.57. The fourth-order valence-electron chi connectivity index (χ4n) is 2.58. The minimum Gasteiger partial charge on any atom is -0.491 e. The highest BCUT2D eigenvalue weighted by molar-refractivity contribution is 9.10. The molecule has 0 spiro atoms. The van der Waals surface area contributed by atoms with Crippen LogP contribution < -0.4 is 15.4 Å². The SMILES string of the molecule is NCc1c(Br)cccc1N1CCCOc2ccccc21. The van der Waals surface area contributed by atoms with Gasteiger partial charge in [0.2, 0.25) is 0 Å². The Morgan fingerprint density at radius 3 is 2.75 bits per heavy atom. The molecule has 1 aliphatic heterocycles. The van der Waals surface area contributed by atoms with Crippen LogP contribution in [0.15, 0.2) is 46.9 Å². The summed E-state index contributed by atoms with van der Waals surface area (Å²) in [6.45, 7) is 2.19. The van der Waals surface area contributed by atoms with Crippen molar-refractivity contribution >= 4 is 27.3 Å². The lowest BCUT2D eigenvalue weighted by atomic mass is 10.1.